The fourth-order valence-electron chi connectivity index (χ4n) is 1.99. The molecule has 0 aliphatic carbocycles. The molecule has 122 valence electrons. The van der Waals surface area contributed by atoms with Crippen molar-refractivity contribution >= 4 is 23.5 Å². The number of rotatable bonds is 5. The molecule has 7 nitrogen and oxygen atoms in total. The zero-order valence-corrected chi connectivity index (χ0v) is 13.7. The van der Waals surface area contributed by atoms with Crippen LogP contribution in [-0.2, 0) is 14.3 Å². The molecule has 2 rings (SSSR count). The summed E-state index contributed by atoms with van der Waals surface area (Å²) in [7, 11) is 0. The molecule has 1 amide bonds. The predicted molar refractivity (Wildman–Crippen MR) is 84.2 cm³/mol. The van der Waals surface area contributed by atoms with Gasteiger partial charge in [-0.05, 0) is 26.0 Å². The summed E-state index contributed by atoms with van der Waals surface area (Å²) >= 11 is 6.15. The number of hydrogen-bond donors (Lipinski definition) is 1. The molecule has 0 aromatic carbocycles. The minimum Gasteiger partial charge on any atom is -0.453 e. The number of ether oxygens (including phenoxy) is 1. The lowest BCUT2D eigenvalue weighted by molar-refractivity contribution is -0.152. The highest BCUT2D eigenvalue weighted by molar-refractivity contribution is 6.30. The maximum absolute atomic E-state index is 12.0. The van der Waals surface area contributed by atoms with Crippen molar-refractivity contribution in [1.82, 2.24) is 20.1 Å². The van der Waals surface area contributed by atoms with Gasteiger partial charge in [-0.2, -0.15) is 5.10 Å². The number of nitrogens with one attached hydrogen (secondary N) is 1. The zero-order valence-electron chi connectivity index (χ0n) is 13.0. The number of halogens is 1. The second-order valence-corrected chi connectivity index (χ2v) is 5.37. The van der Waals surface area contributed by atoms with E-state index in [0.717, 1.165) is 5.69 Å². The SMILES string of the molecule is CC(=O)OC(C)C(=O)NC(C)c1cn(-c2cccnc2)nc1Cl. The molecule has 2 aromatic heterocycles. The predicted octanol–water partition coefficient (Wildman–Crippen LogP) is 2.05. The first-order valence-electron chi connectivity index (χ1n) is 7.01. The smallest absolute Gasteiger partial charge is 0.303 e. The molecule has 0 saturated heterocycles. The van der Waals surface area contributed by atoms with Gasteiger partial charge >= 0.3 is 5.97 Å². The number of esters is 1. The minimum atomic E-state index is -0.873. The van der Waals surface area contributed by atoms with Gasteiger partial charge in [-0.25, -0.2) is 4.68 Å². The van der Waals surface area contributed by atoms with Crippen molar-refractivity contribution in [3.8, 4) is 5.69 Å². The molecule has 0 aliphatic rings. The van der Waals surface area contributed by atoms with Crippen LogP contribution in [0, 0.1) is 0 Å². The molecule has 1 N–H and O–H groups in total. The van der Waals surface area contributed by atoms with E-state index >= 15 is 0 Å². The van der Waals surface area contributed by atoms with Crippen molar-refractivity contribution in [2.24, 2.45) is 0 Å². The third-order valence-corrected chi connectivity index (χ3v) is 3.44. The average molecular weight is 337 g/mol. The van der Waals surface area contributed by atoms with Crippen LogP contribution >= 0.6 is 11.6 Å². The molecule has 0 bridgehead atoms. The molecular formula is C15H17ClN4O3. The summed E-state index contributed by atoms with van der Waals surface area (Å²) in [5.74, 6) is -0.916. The lowest BCUT2D eigenvalue weighted by atomic mass is 10.2. The molecule has 0 saturated carbocycles. The Balaban J connectivity index is 2.11. The van der Waals surface area contributed by atoms with E-state index in [0.29, 0.717) is 5.56 Å². The Hall–Kier alpha value is -2.41. The topological polar surface area (TPSA) is 86.1 Å². The Morgan fingerprint density at radius 3 is 2.74 bits per heavy atom. The highest BCUT2D eigenvalue weighted by atomic mass is 35.5. The van der Waals surface area contributed by atoms with E-state index in [4.69, 9.17) is 16.3 Å². The van der Waals surface area contributed by atoms with Crippen LogP contribution in [0.4, 0.5) is 0 Å². The summed E-state index contributed by atoms with van der Waals surface area (Å²) in [6.07, 6.45) is 4.16. The second-order valence-electron chi connectivity index (χ2n) is 5.01. The van der Waals surface area contributed by atoms with Gasteiger partial charge in [0.05, 0.1) is 17.9 Å². The molecule has 2 aromatic rings. The third kappa shape index (κ3) is 4.29. The molecule has 2 heterocycles. The van der Waals surface area contributed by atoms with Gasteiger partial charge < -0.3 is 10.1 Å². The van der Waals surface area contributed by atoms with Crippen LogP contribution in [0.3, 0.4) is 0 Å². The Labute approximate surface area is 138 Å². The Morgan fingerprint density at radius 2 is 2.13 bits per heavy atom. The standard InChI is InChI=1S/C15H17ClN4O3/c1-9(18-15(22)10(2)23-11(3)21)13-8-20(19-14(13)16)12-5-4-6-17-7-12/h4-10H,1-3H3,(H,18,22). The first-order valence-corrected chi connectivity index (χ1v) is 7.39. The summed E-state index contributed by atoms with van der Waals surface area (Å²) in [6.45, 7) is 4.53. The maximum atomic E-state index is 12.0. The summed E-state index contributed by atoms with van der Waals surface area (Å²) in [6, 6.07) is 3.24. The van der Waals surface area contributed by atoms with E-state index in [9.17, 15) is 9.59 Å². The monoisotopic (exact) mass is 336 g/mol. The van der Waals surface area contributed by atoms with Gasteiger partial charge in [-0.15, -0.1) is 0 Å². The molecule has 8 heteroatoms. The highest BCUT2D eigenvalue weighted by Gasteiger charge is 2.21. The van der Waals surface area contributed by atoms with E-state index in [1.165, 1.54) is 13.8 Å². The maximum Gasteiger partial charge on any atom is 0.303 e. The van der Waals surface area contributed by atoms with Crippen LogP contribution in [0.25, 0.3) is 5.69 Å². The first kappa shape index (κ1) is 17.0. The van der Waals surface area contributed by atoms with Gasteiger partial charge in [0.15, 0.2) is 11.3 Å². The van der Waals surface area contributed by atoms with E-state index in [2.05, 4.69) is 15.4 Å². The van der Waals surface area contributed by atoms with Crippen molar-refractivity contribution in [2.45, 2.75) is 32.9 Å². The summed E-state index contributed by atoms with van der Waals surface area (Å²) in [5, 5.41) is 7.22. The van der Waals surface area contributed by atoms with Gasteiger partial charge in [0.2, 0.25) is 0 Å². The number of amides is 1. The Kier molecular flexibility index (Phi) is 5.33. The van der Waals surface area contributed by atoms with Crippen molar-refractivity contribution in [3.05, 3.63) is 41.4 Å². The number of aromatic nitrogens is 3. The quantitative estimate of drug-likeness (QED) is 0.844. The first-order chi connectivity index (χ1) is 10.9. The number of carbonyl (C=O) groups excluding carboxylic acids is 2. The summed E-state index contributed by atoms with van der Waals surface area (Å²) in [4.78, 5) is 26.9. The molecule has 2 atom stereocenters. The average Bonchev–Trinajstić information content (AvgIpc) is 2.89. The number of pyridine rings is 1. The van der Waals surface area contributed by atoms with Crippen LogP contribution in [0.5, 0.6) is 0 Å². The van der Waals surface area contributed by atoms with Gasteiger partial charge in [-0.3, -0.25) is 14.6 Å². The highest BCUT2D eigenvalue weighted by Crippen LogP contribution is 2.23. The Bertz CT molecular complexity index is 702. The van der Waals surface area contributed by atoms with Crippen LogP contribution < -0.4 is 5.32 Å². The summed E-state index contributed by atoms with van der Waals surface area (Å²) < 4.78 is 6.43. The van der Waals surface area contributed by atoms with E-state index in [1.54, 1.807) is 36.3 Å². The molecule has 0 aliphatic heterocycles. The van der Waals surface area contributed by atoms with Crippen molar-refractivity contribution in [3.63, 3.8) is 0 Å². The fourth-order valence-corrected chi connectivity index (χ4v) is 2.28. The van der Waals surface area contributed by atoms with Crippen LogP contribution in [0.15, 0.2) is 30.7 Å². The lowest BCUT2D eigenvalue weighted by Crippen LogP contribution is -2.36. The van der Waals surface area contributed by atoms with Crippen molar-refractivity contribution in [1.29, 1.82) is 0 Å². The third-order valence-electron chi connectivity index (χ3n) is 3.14. The zero-order chi connectivity index (χ0) is 17.0. The number of hydrogen-bond acceptors (Lipinski definition) is 5. The van der Waals surface area contributed by atoms with Crippen LogP contribution in [0.1, 0.15) is 32.4 Å². The molecule has 23 heavy (non-hydrogen) atoms. The van der Waals surface area contributed by atoms with Crippen molar-refractivity contribution in [2.75, 3.05) is 0 Å². The minimum absolute atomic E-state index is 0.279. The van der Waals surface area contributed by atoms with Gasteiger partial charge in [-0.1, -0.05) is 11.6 Å². The molecule has 0 spiro atoms. The largest absolute Gasteiger partial charge is 0.453 e. The van der Waals surface area contributed by atoms with Gasteiger partial charge in [0.25, 0.3) is 5.91 Å². The van der Waals surface area contributed by atoms with E-state index in [1.807, 2.05) is 6.07 Å². The van der Waals surface area contributed by atoms with Gasteiger partial charge in [0.1, 0.15) is 0 Å². The number of nitrogens with zero attached hydrogens (tertiary/aromatic N) is 3. The van der Waals surface area contributed by atoms with Crippen molar-refractivity contribution < 1.29 is 14.3 Å². The van der Waals surface area contributed by atoms with Gasteiger partial charge in [0, 0.05) is 24.9 Å². The Morgan fingerprint density at radius 1 is 1.39 bits per heavy atom. The van der Waals surface area contributed by atoms with Crippen LogP contribution in [-0.4, -0.2) is 32.7 Å². The van der Waals surface area contributed by atoms with E-state index < -0.39 is 24.0 Å². The fraction of sp³-hybridized carbons (Fsp3) is 0.333. The normalized spacial score (nSPS) is 13.2. The molecular weight excluding hydrogens is 320 g/mol. The van der Waals surface area contributed by atoms with Crippen LogP contribution in [0.2, 0.25) is 5.15 Å². The second kappa shape index (κ2) is 7.23. The summed E-state index contributed by atoms with van der Waals surface area (Å²) in [5.41, 5.74) is 1.41. The number of carbonyl (C=O) groups is 2. The molecule has 2 unspecified atom stereocenters. The van der Waals surface area contributed by atoms with E-state index in [-0.39, 0.29) is 5.15 Å². The lowest BCUT2D eigenvalue weighted by Gasteiger charge is -2.16. The molecule has 0 fully saturated rings. The molecule has 0 radical (unpaired) electrons.